The van der Waals surface area contributed by atoms with Crippen molar-refractivity contribution in [2.24, 2.45) is 0 Å². The van der Waals surface area contributed by atoms with E-state index in [1.165, 1.54) is 12.1 Å². The summed E-state index contributed by atoms with van der Waals surface area (Å²) in [5.41, 5.74) is 1.63. The van der Waals surface area contributed by atoms with E-state index < -0.39 is 23.7 Å². The van der Waals surface area contributed by atoms with E-state index >= 15 is 4.39 Å². The number of carbonyl (C=O) groups excluding carboxylic acids is 3. The minimum atomic E-state index is -0.879. The van der Waals surface area contributed by atoms with E-state index in [1.54, 1.807) is 55.8 Å². The van der Waals surface area contributed by atoms with Crippen molar-refractivity contribution in [2.75, 3.05) is 75.8 Å². The lowest BCUT2D eigenvalue weighted by Gasteiger charge is -2.26. The van der Waals surface area contributed by atoms with Gasteiger partial charge in [-0.2, -0.15) is 0 Å². The van der Waals surface area contributed by atoms with Crippen LogP contribution in [0.3, 0.4) is 0 Å². The zero-order valence-corrected chi connectivity index (χ0v) is 27.9. The van der Waals surface area contributed by atoms with Crippen LogP contribution >= 0.6 is 0 Å². The Labute approximate surface area is 288 Å². The predicted octanol–water partition coefficient (Wildman–Crippen LogP) is 4.92. The van der Waals surface area contributed by atoms with Crippen molar-refractivity contribution in [3.8, 4) is 23.0 Å². The first-order valence-corrected chi connectivity index (χ1v) is 16.0. The summed E-state index contributed by atoms with van der Waals surface area (Å²) >= 11 is 0. The van der Waals surface area contributed by atoms with E-state index in [4.69, 9.17) is 18.9 Å². The zero-order chi connectivity index (χ0) is 35.2. The Morgan fingerprint density at radius 1 is 0.980 bits per heavy atom. The lowest BCUT2D eigenvalue weighted by molar-refractivity contribution is -0.122. The summed E-state index contributed by atoms with van der Waals surface area (Å²) in [5.74, 6) is -1.10. The number of imide groups is 2. The maximum absolute atomic E-state index is 15.3. The van der Waals surface area contributed by atoms with Gasteiger partial charge in [0.15, 0.2) is 23.1 Å². The van der Waals surface area contributed by atoms with Crippen molar-refractivity contribution in [3.05, 3.63) is 84.5 Å². The molecule has 13 nitrogen and oxygen atoms in total. The minimum Gasteiger partial charge on any atom is -0.493 e. The van der Waals surface area contributed by atoms with Gasteiger partial charge in [-0.1, -0.05) is 0 Å². The average Bonchev–Trinajstić information content (AvgIpc) is 3.11. The smallest absolute Gasteiger partial charge is 0.335 e. The fourth-order valence-corrected chi connectivity index (χ4v) is 5.52. The number of morpholine rings is 1. The molecule has 4 aromatic rings. The second kappa shape index (κ2) is 15.2. The summed E-state index contributed by atoms with van der Waals surface area (Å²) in [7, 11) is 5.27. The number of barbiturate groups is 1. The van der Waals surface area contributed by atoms with Gasteiger partial charge in [-0.15, -0.1) is 0 Å². The van der Waals surface area contributed by atoms with Gasteiger partial charge in [0.2, 0.25) is 0 Å². The molecule has 3 aromatic carbocycles. The summed E-state index contributed by atoms with van der Waals surface area (Å²) in [6, 6.07) is 15.0. The highest BCUT2D eigenvalue weighted by molar-refractivity contribution is 6.37. The third-order valence-corrected chi connectivity index (χ3v) is 8.23. The molecule has 0 saturated carbocycles. The van der Waals surface area contributed by atoms with E-state index in [1.807, 2.05) is 19.0 Å². The molecule has 0 unspecified atom stereocenters. The number of ether oxygens (including phenoxy) is 4. The third-order valence-electron chi connectivity index (χ3n) is 8.23. The van der Waals surface area contributed by atoms with Crippen LogP contribution in [0.25, 0.3) is 10.9 Å². The molecule has 0 aliphatic carbocycles. The number of rotatable bonds is 12. The SMILES string of the molecule is COc1cc2c(Oc3ccc(N/C=C4\C(=O)NC(=O)N(c5ccc(N(C)C)cc5)C4=O)cc3F)ccnc2cc1OCCCN1CCOCC1. The normalized spacial score (nSPS) is 16.0. The zero-order valence-electron chi connectivity index (χ0n) is 27.9. The summed E-state index contributed by atoms with van der Waals surface area (Å²) in [5, 5.41) is 5.54. The molecular weight excluding hydrogens is 647 g/mol. The largest absolute Gasteiger partial charge is 0.493 e. The molecule has 1 aromatic heterocycles. The van der Waals surface area contributed by atoms with Crippen molar-refractivity contribution in [2.45, 2.75) is 6.42 Å². The number of halogens is 1. The quantitative estimate of drug-likeness (QED) is 0.120. The van der Waals surface area contributed by atoms with Crippen molar-refractivity contribution in [3.63, 3.8) is 0 Å². The summed E-state index contributed by atoms with van der Waals surface area (Å²) < 4.78 is 38.3. The number of anilines is 3. The standard InChI is InChI=1S/C36H37FN6O7/c1-41(2)24-6-8-25(9-7-24)43-35(45)27(34(44)40-36(43)46)22-39-23-5-10-31(28(37)19-23)50-30-11-12-38-29-21-33(32(47-3)20-26(29)30)49-16-4-13-42-14-17-48-18-15-42/h5-12,19-22,39H,4,13-18H2,1-3H3,(H,40,44,46)/b27-22+. The molecule has 2 aliphatic rings. The molecule has 260 valence electrons. The van der Waals surface area contributed by atoms with Crippen LogP contribution in [0.15, 0.2) is 78.6 Å². The van der Waals surface area contributed by atoms with Gasteiger partial charge in [0, 0.05) is 75.0 Å². The van der Waals surface area contributed by atoms with Crippen LogP contribution in [0.4, 0.5) is 26.2 Å². The lowest BCUT2D eigenvalue weighted by atomic mass is 10.1. The molecule has 0 atom stereocenters. The van der Waals surface area contributed by atoms with Gasteiger partial charge in [0.05, 0.1) is 38.1 Å². The fourth-order valence-electron chi connectivity index (χ4n) is 5.52. The van der Waals surface area contributed by atoms with Crippen molar-refractivity contribution in [1.82, 2.24) is 15.2 Å². The van der Waals surface area contributed by atoms with Crippen LogP contribution in [0.5, 0.6) is 23.0 Å². The van der Waals surface area contributed by atoms with Crippen LogP contribution in [-0.2, 0) is 14.3 Å². The molecule has 2 N–H and O–H groups in total. The van der Waals surface area contributed by atoms with Crippen LogP contribution in [0, 0.1) is 5.82 Å². The molecule has 0 spiro atoms. The topological polar surface area (TPSA) is 135 Å². The Morgan fingerprint density at radius 3 is 2.48 bits per heavy atom. The number of fused-ring (bicyclic) bond motifs is 1. The molecule has 3 heterocycles. The average molecular weight is 685 g/mol. The van der Waals surface area contributed by atoms with Crippen LogP contribution < -0.4 is 34.6 Å². The van der Waals surface area contributed by atoms with E-state index in [-0.39, 0.29) is 22.7 Å². The highest BCUT2D eigenvalue weighted by Gasteiger charge is 2.37. The number of amides is 4. The number of benzene rings is 3. The van der Waals surface area contributed by atoms with Gasteiger partial charge in [-0.3, -0.25) is 24.8 Å². The highest BCUT2D eigenvalue weighted by Crippen LogP contribution is 2.38. The number of nitrogens with one attached hydrogen (secondary N) is 2. The van der Waals surface area contributed by atoms with Gasteiger partial charge >= 0.3 is 6.03 Å². The lowest BCUT2D eigenvalue weighted by Crippen LogP contribution is -2.54. The molecule has 14 heteroatoms. The van der Waals surface area contributed by atoms with Crippen molar-refractivity contribution >= 4 is 45.8 Å². The first-order chi connectivity index (χ1) is 24.2. The molecule has 6 rings (SSSR count). The molecule has 2 aliphatic heterocycles. The molecule has 4 amide bonds. The minimum absolute atomic E-state index is 0.0671. The van der Waals surface area contributed by atoms with Crippen LogP contribution in [-0.4, -0.2) is 88.4 Å². The van der Waals surface area contributed by atoms with Gasteiger partial charge in [0.25, 0.3) is 11.8 Å². The maximum Gasteiger partial charge on any atom is 0.335 e. The van der Waals surface area contributed by atoms with Gasteiger partial charge < -0.3 is 29.2 Å². The highest BCUT2D eigenvalue weighted by atomic mass is 19.1. The molecule has 2 saturated heterocycles. The molecular formula is C36H37FN6O7. The maximum atomic E-state index is 15.3. The summed E-state index contributed by atoms with van der Waals surface area (Å²) in [4.78, 5) is 47.9. The van der Waals surface area contributed by atoms with E-state index in [2.05, 4.69) is 20.5 Å². The van der Waals surface area contributed by atoms with Gasteiger partial charge in [-0.05, 0) is 55.0 Å². The van der Waals surface area contributed by atoms with Crippen LogP contribution in [0.1, 0.15) is 6.42 Å². The Kier molecular flexibility index (Phi) is 10.4. The number of hydrogen-bond donors (Lipinski definition) is 2. The molecule has 2 fully saturated rings. The van der Waals surface area contributed by atoms with E-state index in [0.29, 0.717) is 34.8 Å². The molecule has 50 heavy (non-hydrogen) atoms. The number of methoxy groups -OCH3 is 1. The number of pyridine rings is 1. The number of hydrogen-bond acceptors (Lipinski definition) is 11. The van der Waals surface area contributed by atoms with Crippen molar-refractivity contribution in [1.29, 1.82) is 0 Å². The summed E-state index contributed by atoms with van der Waals surface area (Å²) in [6.45, 7) is 4.73. The molecule has 0 bridgehead atoms. The second-order valence-corrected chi connectivity index (χ2v) is 11.7. The third kappa shape index (κ3) is 7.61. The second-order valence-electron chi connectivity index (χ2n) is 11.7. The number of aromatic nitrogens is 1. The Bertz CT molecular complexity index is 1930. The Morgan fingerprint density at radius 2 is 1.76 bits per heavy atom. The summed E-state index contributed by atoms with van der Waals surface area (Å²) in [6.07, 6.45) is 3.53. The number of carbonyl (C=O) groups is 3. The van der Waals surface area contributed by atoms with Crippen molar-refractivity contribution < 1.29 is 37.7 Å². The van der Waals surface area contributed by atoms with Gasteiger partial charge in [-0.25, -0.2) is 14.1 Å². The van der Waals surface area contributed by atoms with Crippen LogP contribution in [0.2, 0.25) is 0 Å². The fraction of sp³-hybridized carbons (Fsp3) is 0.278. The molecule has 0 radical (unpaired) electrons. The monoisotopic (exact) mass is 684 g/mol. The first kappa shape index (κ1) is 34.1. The predicted molar refractivity (Wildman–Crippen MR) is 186 cm³/mol. The Hall–Kier alpha value is -5.73. The number of urea groups is 1. The van der Waals surface area contributed by atoms with Gasteiger partial charge in [0.1, 0.15) is 11.3 Å². The number of nitrogens with zero attached hydrogens (tertiary/aromatic N) is 4. The van der Waals surface area contributed by atoms with E-state index in [0.717, 1.165) is 62.1 Å². The Balaban J connectivity index is 1.13. The first-order valence-electron chi connectivity index (χ1n) is 16.0. The van der Waals surface area contributed by atoms with E-state index in [9.17, 15) is 14.4 Å².